The fourth-order valence-corrected chi connectivity index (χ4v) is 8.86. The van der Waals surface area contributed by atoms with Crippen molar-refractivity contribution in [2.24, 2.45) is 0 Å². The Kier molecular flexibility index (Phi) is 17.2. The van der Waals surface area contributed by atoms with Gasteiger partial charge in [0, 0.05) is 0 Å². The molecule has 2 aliphatic rings. The molecule has 2 fully saturated rings. The number of hydrogen-bond acceptors (Lipinski definition) is 0. The molecule has 0 N–H and O–H groups in total. The molecule has 0 spiro atoms. The van der Waals surface area contributed by atoms with Crippen LogP contribution in [0.5, 0.6) is 0 Å². The zero-order valence-electron chi connectivity index (χ0n) is 18.1. The summed E-state index contributed by atoms with van der Waals surface area (Å²) in [5.74, 6) is 0. The Hall–Kier alpha value is 0.430. The summed E-state index contributed by atoms with van der Waals surface area (Å²) in [6.07, 6.45) is 21.2. The minimum Gasteiger partial charge on any atom is -0.0974 e. The largest absolute Gasteiger partial charge is 0.0974 e. The summed E-state index contributed by atoms with van der Waals surface area (Å²) in [6, 6.07) is 0. The molecular weight excluding hydrogens is 307 g/mol. The number of unbranched alkanes of at least 4 members (excludes halogenated alkanes) is 1. The Balaban J connectivity index is 0.000000952. The molecule has 0 saturated heterocycles. The average Bonchev–Trinajstić information content (AvgIpc) is 2.64. The maximum absolute atomic E-state index is 2.62. The van der Waals surface area contributed by atoms with Crippen molar-refractivity contribution in [2.45, 2.75) is 148 Å². The first-order valence-corrected chi connectivity index (χ1v) is 13.1. The molecule has 24 heavy (non-hydrogen) atoms. The molecule has 1 unspecified atom stereocenters. The molecule has 0 aromatic heterocycles. The summed E-state index contributed by atoms with van der Waals surface area (Å²) in [6.45, 7) is 13.2. The molecule has 2 saturated carbocycles. The Bertz CT molecular complexity index is 220. The fraction of sp³-hybridized carbons (Fsp3) is 1.00. The third-order valence-electron chi connectivity index (χ3n) is 5.48. The van der Waals surface area contributed by atoms with Crippen molar-refractivity contribution >= 4 is 7.92 Å². The molecule has 146 valence electrons. The highest BCUT2D eigenvalue weighted by molar-refractivity contribution is 7.59. The molecule has 0 amide bonds. The Morgan fingerprint density at radius 3 is 1.46 bits per heavy atom. The molecule has 0 bridgehead atoms. The normalized spacial score (nSPS) is 20.6. The predicted octanol–water partition coefficient (Wildman–Crippen LogP) is 9.15. The van der Waals surface area contributed by atoms with Crippen molar-refractivity contribution in [3.63, 3.8) is 0 Å². The fourth-order valence-electron chi connectivity index (χ4n) is 4.42. The second-order valence-corrected chi connectivity index (χ2v) is 11.0. The van der Waals surface area contributed by atoms with Crippen LogP contribution in [0.4, 0.5) is 0 Å². The first kappa shape index (κ1) is 24.4. The van der Waals surface area contributed by atoms with Gasteiger partial charge in [0.15, 0.2) is 0 Å². The molecule has 2 rings (SSSR count). The first-order chi connectivity index (χ1) is 11.7. The maximum Gasteiger partial charge on any atom is -0.0204 e. The molecule has 0 heterocycles. The molecule has 0 radical (unpaired) electrons. The molecule has 0 aliphatic heterocycles. The van der Waals surface area contributed by atoms with Gasteiger partial charge in [-0.05, 0) is 49.1 Å². The van der Waals surface area contributed by atoms with E-state index in [1.807, 2.05) is 13.8 Å². The number of rotatable bonds is 6. The monoisotopic (exact) mass is 356 g/mol. The minimum atomic E-state index is 0.330. The summed E-state index contributed by atoms with van der Waals surface area (Å²) in [5, 5.41) is 0. The molecule has 1 atom stereocenters. The number of hydrogen-bond donors (Lipinski definition) is 0. The van der Waals surface area contributed by atoms with Crippen molar-refractivity contribution in [1.29, 1.82) is 0 Å². The van der Waals surface area contributed by atoms with Gasteiger partial charge in [-0.25, -0.2) is 0 Å². The van der Waals surface area contributed by atoms with Crippen LogP contribution in [-0.4, -0.2) is 17.0 Å². The topological polar surface area (TPSA) is 0 Å². The summed E-state index contributed by atoms with van der Waals surface area (Å²) in [4.78, 5) is 0. The highest BCUT2D eigenvalue weighted by Crippen LogP contribution is 2.59. The van der Waals surface area contributed by atoms with Gasteiger partial charge < -0.3 is 0 Å². The van der Waals surface area contributed by atoms with E-state index < -0.39 is 0 Å². The van der Waals surface area contributed by atoms with Gasteiger partial charge in [-0.2, -0.15) is 0 Å². The van der Waals surface area contributed by atoms with Crippen LogP contribution in [0.2, 0.25) is 0 Å². The van der Waals surface area contributed by atoms with Crippen LogP contribution >= 0.6 is 7.92 Å². The molecule has 1 heteroatoms. The second-order valence-electron chi connectivity index (χ2n) is 7.73. The van der Waals surface area contributed by atoms with E-state index in [9.17, 15) is 0 Å². The van der Waals surface area contributed by atoms with Gasteiger partial charge in [-0.15, -0.1) is 0 Å². The molecule has 2 aliphatic carbocycles. The van der Waals surface area contributed by atoms with Crippen molar-refractivity contribution in [3.05, 3.63) is 0 Å². The van der Waals surface area contributed by atoms with Gasteiger partial charge in [0.25, 0.3) is 0 Å². The van der Waals surface area contributed by atoms with Crippen LogP contribution in [0, 0.1) is 0 Å². The Morgan fingerprint density at radius 2 is 1.12 bits per heavy atom. The Morgan fingerprint density at radius 1 is 0.750 bits per heavy atom. The lowest BCUT2D eigenvalue weighted by Gasteiger charge is -2.42. The van der Waals surface area contributed by atoms with E-state index in [0.717, 1.165) is 17.0 Å². The van der Waals surface area contributed by atoms with Crippen LogP contribution in [-0.2, 0) is 0 Å². The van der Waals surface area contributed by atoms with Gasteiger partial charge in [0.1, 0.15) is 0 Å². The summed E-state index contributed by atoms with van der Waals surface area (Å²) in [7, 11) is 0.330. The molecular formula is C23H49P. The van der Waals surface area contributed by atoms with Crippen molar-refractivity contribution in [1.82, 2.24) is 0 Å². The summed E-state index contributed by atoms with van der Waals surface area (Å²) in [5.41, 5.74) is 3.36. The summed E-state index contributed by atoms with van der Waals surface area (Å²) < 4.78 is 0. The highest BCUT2D eigenvalue weighted by Gasteiger charge is 2.33. The first-order valence-electron chi connectivity index (χ1n) is 11.5. The molecule has 0 nitrogen and oxygen atoms in total. The SMILES string of the molecule is CC.CCC.CCCCC(C)P(C1CCCCC1)C1CCCCC1. The minimum absolute atomic E-state index is 0.330. The predicted molar refractivity (Wildman–Crippen MR) is 117 cm³/mol. The van der Waals surface area contributed by atoms with E-state index in [-0.39, 0.29) is 0 Å². The van der Waals surface area contributed by atoms with Gasteiger partial charge >= 0.3 is 0 Å². The zero-order valence-corrected chi connectivity index (χ0v) is 19.0. The van der Waals surface area contributed by atoms with Crippen LogP contribution in [0.1, 0.15) is 131 Å². The van der Waals surface area contributed by atoms with E-state index >= 15 is 0 Å². The van der Waals surface area contributed by atoms with Gasteiger partial charge in [-0.1, -0.05) is 107 Å². The van der Waals surface area contributed by atoms with Gasteiger partial charge in [-0.3, -0.25) is 0 Å². The summed E-state index contributed by atoms with van der Waals surface area (Å²) >= 11 is 0. The van der Waals surface area contributed by atoms with Crippen LogP contribution in [0.3, 0.4) is 0 Å². The van der Waals surface area contributed by atoms with Crippen LogP contribution in [0.15, 0.2) is 0 Å². The third-order valence-corrected chi connectivity index (χ3v) is 9.47. The van der Waals surface area contributed by atoms with E-state index in [1.165, 1.54) is 64.2 Å². The quantitative estimate of drug-likeness (QED) is 0.416. The van der Waals surface area contributed by atoms with Gasteiger partial charge in [0.2, 0.25) is 0 Å². The van der Waals surface area contributed by atoms with Gasteiger partial charge in [0.05, 0.1) is 0 Å². The van der Waals surface area contributed by atoms with Crippen LogP contribution in [0.25, 0.3) is 0 Å². The van der Waals surface area contributed by atoms with E-state index in [1.54, 1.807) is 25.7 Å². The lowest BCUT2D eigenvalue weighted by molar-refractivity contribution is 0.479. The third kappa shape index (κ3) is 9.79. The van der Waals surface area contributed by atoms with Crippen molar-refractivity contribution in [3.8, 4) is 0 Å². The average molecular weight is 357 g/mol. The second kappa shape index (κ2) is 16.9. The van der Waals surface area contributed by atoms with E-state index in [2.05, 4.69) is 27.7 Å². The van der Waals surface area contributed by atoms with E-state index in [0.29, 0.717) is 7.92 Å². The molecule has 0 aromatic rings. The maximum atomic E-state index is 2.62. The van der Waals surface area contributed by atoms with Crippen molar-refractivity contribution in [2.75, 3.05) is 0 Å². The van der Waals surface area contributed by atoms with E-state index in [4.69, 9.17) is 0 Å². The molecule has 0 aromatic carbocycles. The zero-order chi connectivity index (χ0) is 18.2. The smallest absolute Gasteiger partial charge is 0.0204 e. The lowest BCUT2D eigenvalue weighted by atomic mass is 9.99. The van der Waals surface area contributed by atoms with Crippen molar-refractivity contribution < 1.29 is 0 Å². The Labute approximate surface area is 156 Å². The standard InChI is InChI=1S/C18H35P.C3H8.C2H6/c1-3-4-11-16(2)19(17-12-7-5-8-13-17)18-14-9-6-10-15-18;1-3-2;1-2/h16-18H,3-15H2,1-2H3;3H2,1-2H3;1-2H3. The lowest BCUT2D eigenvalue weighted by Crippen LogP contribution is -2.25. The van der Waals surface area contributed by atoms with Crippen LogP contribution < -0.4 is 0 Å². The highest BCUT2D eigenvalue weighted by atomic mass is 31.1.